The molecular formula is C17H16ClNO3S. The van der Waals surface area contributed by atoms with Crippen molar-refractivity contribution in [3.05, 3.63) is 64.7 Å². The van der Waals surface area contributed by atoms with Crippen molar-refractivity contribution in [2.45, 2.75) is 6.61 Å². The van der Waals surface area contributed by atoms with Gasteiger partial charge in [-0.25, -0.2) is 0 Å². The molecule has 0 unspecified atom stereocenters. The molecule has 0 atom stereocenters. The third kappa shape index (κ3) is 4.43. The van der Waals surface area contributed by atoms with Crippen molar-refractivity contribution >= 4 is 34.6 Å². The van der Waals surface area contributed by atoms with Crippen LogP contribution in [0.25, 0.3) is 0 Å². The zero-order valence-electron chi connectivity index (χ0n) is 12.8. The van der Waals surface area contributed by atoms with Gasteiger partial charge in [0.2, 0.25) is 5.05 Å². The maximum Gasteiger partial charge on any atom is 0.214 e. The van der Waals surface area contributed by atoms with Crippen LogP contribution in [-0.4, -0.2) is 25.0 Å². The van der Waals surface area contributed by atoms with Crippen LogP contribution in [0.15, 0.2) is 53.7 Å². The summed E-state index contributed by atoms with van der Waals surface area (Å²) in [6, 6.07) is 14.9. The fraction of sp³-hybridized carbons (Fsp3) is 0.176. The van der Waals surface area contributed by atoms with Gasteiger partial charge in [0.25, 0.3) is 0 Å². The first-order valence-corrected chi connectivity index (χ1v) is 7.61. The molecule has 0 radical (unpaired) electrons. The standard InChI is InChI=1S/C17H16ClNO3S/c1-20-17(23)16(19-21-2)13-8-4-3-7-12(13)11-22-15-10-6-5-9-14(15)18/h3-10H,11H2,1-2H3. The Balaban J connectivity index is 2.28. The van der Waals surface area contributed by atoms with E-state index in [4.69, 9.17) is 38.1 Å². The molecule has 120 valence electrons. The Hall–Kier alpha value is -2.11. The van der Waals surface area contributed by atoms with Crippen LogP contribution < -0.4 is 4.74 Å². The van der Waals surface area contributed by atoms with Crippen LogP contribution in [0.1, 0.15) is 11.1 Å². The zero-order valence-corrected chi connectivity index (χ0v) is 14.4. The number of hydrogen-bond acceptors (Lipinski definition) is 5. The molecule has 0 aliphatic heterocycles. The molecule has 0 saturated carbocycles. The molecule has 0 heterocycles. The van der Waals surface area contributed by atoms with Gasteiger partial charge in [-0.05, 0) is 29.9 Å². The van der Waals surface area contributed by atoms with Crippen molar-refractivity contribution in [3.63, 3.8) is 0 Å². The molecule has 2 aromatic carbocycles. The second kappa shape index (κ2) is 8.50. The van der Waals surface area contributed by atoms with Gasteiger partial charge in [-0.3, -0.25) is 0 Å². The number of ether oxygens (including phenoxy) is 2. The Bertz CT molecular complexity index is 718. The number of halogens is 1. The molecule has 0 bridgehead atoms. The number of para-hydroxylation sites is 1. The third-order valence-corrected chi connectivity index (χ3v) is 3.73. The van der Waals surface area contributed by atoms with Gasteiger partial charge in [0.05, 0.1) is 12.1 Å². The minimum Gasteiger partial charge on any atom is -0.487 e. The highest BCUT2D eigenvalue weighted by molar-refractivity contribution is 7.81. The normalized spacial score (nSPS) is 11.0. The monoisotopic (exact) mass is 349 g/mol. The molecule has 2 rings (SSSR count). The lowest BCUT2D eigenvalue weighted by Gasteiger charge is -2.13. The van der Waals surface area contributed by atoms with E-state index in [0.717, 1.165) is 11.1 Å². The molecule has 0 aliphatic rings. The molecule has 0 amide bonds. The molecule has 0 spiro atoms. The first kappa shape index (κ1) is 17.2. The van der Waals surface area contributed by atoms with Gasteiger partial charge in [-0.15, -0.1) is 0 Å². The van der Waals surface area contributed by atoms with Crippen molar-refractivity contribution in [3.8, 4) is 5.75 Å². The van der Waals surface area contributed by atoms with E-state index in [2.05, 4.69) is 5.16 Å². The van der Waals surface area contributed by atoms with E-state index < -0.39 is 0 Å². The second-order valence-electron chi connectivity index (χ2n) is 4.49. The number of benzene rings is 2. The number of hydrogen-bond donors (Lipinski definition) is 0. The number of methoxy groups -OCH3 is 1. The highest BCUT2D eigenvalue weighted by Crippen LogP contribution is 2.24. The topological polar surface area (TPSA) is 40.0 Å². The van der Waals surface area contributed by atoms with Crippen LogP contribution in [-0.2, 0) is 16.2 Å². The Morgan fingerprint density at radius 3 is 2.48 bits per heavy atom. The lowest BCUT2D eigenvalue weighted by Crippen LogP contribution is -2.18. The fourth-order valence-corrected chi connectivity index (χ4v) is 2.32. The summed E-state index contributed by atoms with van der Waals surface area (Å²) in [6.07, 6.45) is 0. The Morgan fingerprint density at radius 1 is 1.09 bits per heavy atom. The third-order valence-electron chi connectivity index (χ3n) is 3.05. The first-order chi connectivity index (χ1) is 11.2. The van der Waals surface area contributed by atoms with Gasteiger partial charge in [-0.1, -0.05) is 53.2 Å². The summed E-state index contributed by atoms with van der Waals surface area (Å²) in [4.78, 5) is 4.88. The summed E-state index contributed by atoms with van der Waals surface area (Å²) in [6.45, 7) is 0.314. The van der Waals surface area contributed by atoms with Crippen molar-refractivity contribution in [2.75, 3.05) is 14.2 Å². The summed E-state index contributed by atoms with van der Waals surface area (Å²) in [5.74, 6) is 0.614. The van der Waals surface area contributed by atoms with Crippen molar-refractivity contribution in [2.24, 2.45) is 5.16 Å². The molecule has 0 aliphatic carbocycles. The summed E-state index contributed by atoms with van der Waals surface area (Å²) in [5, 5.41) is 4.77. The van der Waals surface area contributed by atoms with E-state index in [0.29, 0.717) is 23.1 Å². The quantitative estimate of drug-likeness (QED) is 0.444. The Kier molecular flexibility index (Phi) is 6.38. The molecule has 23 heavy (non-hydrogen) atoms. The smallest absolute Gasteiger partial charge is 0.214 e. The zero-order chi connectivity index (χ0) is 16.7. The van der Waals surface area contributed by atoms with E-state index in [1.165, 1.54) is 14.2 Å². The molecule has 0 N–H and O–H groups in total. The lowest BCUT2D eigenvalue weighted by atomic mass is 10.0. The van der Waals surface area contributed by atoms with Crippen molar-refractivity contribution in [1.82, 2.24) is 0 Å². The van der Waals surface area contributed by atoms with E-state index >= 15 is 0 Å². The fourth-order valence-electron chi connectivity index (χ4n) is 1.98. The average Bonchev–Trinajstić information content (AvgIpc) is 2.59. The van der Waals surface area contributed by atoms with Gasteiger partial charge in [0.1, 0.15) is 19.5 Å². The largest absolute Gasteiger partial charge is 0.487 e. The van der Waals surface area contributed by atoms with Gasteiger partial charge >= 0.3 is 0 Å². The number of oxime groups is 1. The number of rotatable bonds is 6. The van der Waals surface area contributed by atoms with Crippen molar-refractivity contribution < 1.29 is 14.3 Å². The van der Waals surface area contributed by atoms with E-state index in [1.807, 2.05) is 42.5 Å². The molecular weight excluding hydrogens is 334 g/mol. The SMILES string of the molecule is CON=C(C(=S)OC)c1ccccc1COc1ccccc1Cl. The van der Waals surface area contributed by atoms with Crippen LogP contribution in [0, 0.1) is 0 Å². The number of nitrogens with zero attached hydrogens (tertiary/aromatic N) is 1. The molecule has 4 nitrogen and oxygen atoms in total. The maximum absolute atomic E-state index is 6.11. The molecule has 2 aromatic rings. The van der Waals surface area contributed by atoms with Crippen molar-refractivity contribution in [1.29, 1.82) is 0 Å². The summed E-state index contributed by atoms with van der Waals surface area (Å²) in [7, 11) is 2.96. The number of thiocarbonyl (C=S) groups is 1. The van der Waals surface area contributed by atoms with E-state index in [-0.39, 0.29) is 5.05 Å². The molecule has 0 aromatic heterocycles. The summed E-state index contributed by atoms with van der Waals surface area (Å²) in [5.41, 5.74) is 2.12. The highest BCUT2D eigenvalue weighted by Gasteiger charge is 2.16. The molecule has 6 heteroatoms. The van der Waals surface area contributed by atoms with Crippen LogP contribution >= 0.6 is 23.8 Å². The first-order valence-electron chi connectivity index (χ1n) is 6.82. The van der Waals surface area contributed by atoms with Crippen LogP contribution in [0.2, 0.25) is 5.02 Å². The Morgan fingerprint density at radius 2 is 1.78 bits per heavy atom. The van der Waals surface area contributed by atoms with Gasteiger partial charge in [-0.2, -0.15) is 0 Å². The van der Waals surface area contributed by atoms with E-state index in [9.17, 15) is 0 Å². The summed E-state index contributed by atoms with van der Waals surface area (Å²) >= 11 is 11.3. The lowest BCUT2D eigenvalue weighted by molar-refractivity contribution is 0.213. The molecule has 0 fully saturated rings. The minimum atomic E-state index is 0.247. The van der Waals surface area contributed by atoms with E-state index in [1.54, 1.807) is 6.07 Å². The summed E-state index contributed by atoms with van der Waals surface area (Å²) < 4.78 is 10.9. The maximum atomic E-state index is 6.11. The van der Waals surface area contributed by atoms with Crippen LogP contribution in [0.5, 0.6) is 5.75 Å². The van der Waals surface area contributed by atoms with Gasteiger partial charge in [0.15, 0.2) is 5.71 Å². The second-order valence-corrected chi connectivity index (χ2v) is 5.27. The van der Waals surface area contributed by atoms with Crippen LogP contribution in [0.3, 0.4) is 0 Å². The Labute approximate surface area is 145 Å². The average molecular weight is 350 g/mol. The predicted molar refractivity (Wildman–Crippen MR) is 95.4 cm³/mol. The predicted octanol–water partition coefficient (Wildman–Crippen LogP) is 4.24. The molecule has 0 saturated heterocycles. The van der Waals surface area contributed by atoms with Gasteiger partial charge < -0.3 is 14.3 Å². The van der Waals surface area contributed by atoms with Crippen LogP contribution in [0.4, 0.5) is 0 Å². The minimum absolute atomic E-state index is 0.247. The highest BCUT2D eigenvalue weighted by atomic mass is 35.5. The van der Waals surface area contributed by atoms with Gasteiger partial charge in [0, 0.05) is 5.56 Å².